The molecule has 0 bridgehead atoms. The van der Waals surface area contributed by atoms with Gasteiger partial charge in [0.15, 0.2) is 0 Å². The highest BCUT2D eigenvalue weighted by Gasteiger charge is 2.44. The molecule has 0 N–H and O–H groups in total. The minimum Gasteiger partial charge on any atom is -0.340 e. The molecule has 2 aliphatic rings. The van der Waals surface area contributed by atoms with E-state index in [1.54, 1.807) is 0 Å². The highest BCUT2D eigenvalue weighted by atomic mass is 16.2. The van der Waals surface area contributed by atoms with E-state index in [4.69, 9.17) is 0 Å². The highest BCUT2D eigenvalue weighted by Crippen LogP contribution is 2.42. The van der Waals surface area contributed by atoms with Crippen molar-refractivity contribution in [2.45, 2.75) is 51.0 Å². The number of amides is 1. The third kappa shape index (κ3) is 1.36. The smallest absolute Gasteiger partial charge is 0.222 e. The Morgan fingerprint density at radius 2 is 1.92 bits per heavy atom. The van der Waals surface area contributed by atoms with Crippen molar-refractivity contribution in [2.75, 3.05) is 7.05 Å². The van der Waals surface area contributed by atoms with Gasteiger partial charge in [-0.3, -0.25) is 4.79 Å². The van der Waals surface area contributed by atoms with E-state index in [-0.39, 0.29) is 5.54 Å². The maximum atomic E-state index is 11.5. The zero-order valence-corrected chi connectivity index (χ0v) is 8.68. The van der Waals surface area contributed by atoms with Gasteiger partial charge in [-0.25, -0.2) is 0 Å². The van der Waals surface area contributed by atoms with Crippen LogP contribution in [0, 0.1) is 5.92 Å². The molecule has 13 heavy (non-hydrogen) atoms. The summed E-state index contributed by atoms with van der Waals surface area (Å²) in [5.74, 6) is 1.23. The minimum atomic E-state index is 0.267. The molecule has 2 nitrogen and oxygen atoms in total. The number of nitrogens with zero attached hydrogens (tertiary/aromatic N) is 1. The van der Waals surface area contributed by atoms with Crippen LogP contribution in [-0.2, 0) is 4.79 Å². The molecule has 74 valence electrons. The number of likely N-dealkylation sites (tertiary alicyclic amines) is 1. The molecule has 0 radical (unpaired) electrons. The van der Waals surface area contributed by atoms with Gasteiger partial charge >= 0.3 is 0 Å². The number of rotatable bonds is 0. The van der Waals surface area contributed by atoms with E-state index < -0.39 is 0 Å². The molecule has 1 saturated heterocycles. The molecule has 1 spiro atoms. The monoisotopic (exact) mass is 181 g/mol. The maximum Gasteiger partial charge on any atom is 0.222 e. The number of hydrogen-bond donors (Lipinski definition) is 0. The number of carbonyl (C=O) groups excluding carboxylic acids is 1. The molecule has 0 aromatic heterocycles. The second-order valence-electron chi connectivity index (χ2n) is 4.86. The van der Waals surface area contributed by atoms with Crippen LogP contribution in [0.4, 0.5) is 0 Å². The summed E-state index contributed by atoms with van der Waals surface area (Å²) in [4.78, 5) is 13.5. The Labute approximate surface area is 80.3 Å². The first-order chi connectivity index (χ1) is 6.14. The van der Waals surface area contributed by atoms with E-state index in [1.807, 2.05) is 11.9 Å². The lowest BCUT2D eigenvalue weighted by Crippen LogP contribution is -2.45. The van der Waals surface area contributed by atoms with Gasteiger partial charge in [0.05, 0.1) is 0 Å². The molecule has 1 amide bonds. The fourth-order valence-corrected chi connectivity index (χ4v) is 2.82. The summed E-state index contributed by atoms with van der Waals surface area (Å²) >= 11 is 0. The summed E-state index contributed by atoms with van der Waals surface area (Å²) in [6.45, 7) is 2.32. The summed E-state index contributed by atoms with van der Waals surface area (Å²) in [6, 6.07) is 0. The first-order valence-electron chi connectivity index (χ1n) is 5.41. The largest absolute Gasteiger partial charge is 0.340 e. The van der Waals surface area contributed by atoms with E-state index in [0.717, 1.165) is 18.8 Å². The van der Waals surface area contributed by atoms with Gasteiger partial charge in [-0.2, -0.15) is 0 Å². The van der Waals surface area contributed by atoms with Gasteiger partial charge < -0.3 is 4.90 Å². The molecule has 1 aliphatic heterocycles. The van der Waals surface area contributed by atoms with Crippen molar-refractivity contribution in [2.24, 2.45) is 5.92 Å². The number of carbonyl (C=O) groups is 1. The summed E-state index contributed by atoms with van der Waals surface area (Å²) < 4.78 is 0. The van der Waals surface area contributed by atoms with Crippen LogP contribution >= 0.6 is 0 Å². The van der Waals surface area contributed by atoms with Crippen LogP contribution in [0.1, 0.15) is 45.4 Å². The third-order valence-electron chi connectivity index (χ3n) is 4.09. The van der Waals surface area contributed by atoms with Crippen LogP contribution in [0.2, 0.25) is 0 Å². The molecule has 0 unspecified atom stereocenters. The lowest BCUT2D eigenvalue weighted by molar-refractivity contribution is -0.130. The van der Waals surface area contributed by atoms with Crippen LogP contribution in [0.15, 0.2) is 0 Å². The van der Waals surface area contributed by atoms with Crippen molar-refractivity contribution >= 4 is 5.91 Å². The van der Waals surface area contributed by atoms with Crippen LogP contribution in [0.25, 0.3) is 0 Å². The standard InChI is InChI=1S/C11H19NO/c1-9-3-6-11(7-4-9)8-5-10(13)12(11)2/h9H,3-8H2,1-2H3. The molecule has 1 aliphatic carbocycles. The Morgan fingerprint density at radius 3 is 2.38 bits per heavy atom. The minimum absolute atomic E-state index is 0.267. The van der Waals surface area contributed by atoms with Gasteiger partial charge in [-0.15, -0.1) is 0 Å². The Hall–Kier alpha value is -0.530. The summed E-state index contributed by atoms with van der Waals surface area (Å²) in [6.07, 6.45) is 6.96. The Balaban J connectivity index is 2.09. The lowest BCUT2D eigenvalue weighted by Gasteiger charge is -2.41. The van der Waals surface area contributed by atoms with E-state index in [0.29, 0.717) is 5.91 Å². The summed E-state index contributed by atoms with van der Waals surface area (Å²) in [5.41, 5.74) is 0.267. The van der Waals surface area contributed by atoms with Crippen molar-refractivity contribution in [1.29, 1.82) is 0 Å². The number of hydrogen-bond acceptors (Lipinski definition) is 1. The lowest BCUT2D eigenvalue weighted by atomic mass is 9.76. The first kappa shape index (κ1) is 9.04. The molecule has 0 atom stereocenters. The molecular formula is C11H19NO. The van der Waals surface area contributed by atoms with Crippen molar-refractivity contribution in [3.05, 3.63) is 0 Å². The fourth-order valence-electron chi connectivity index (χ4n) is 2.82. The fraction of sp³-hybridized carbons (Fsp3) is 0.909. The molecule has 2 fully saturated rings. The second-order valence-corrected chi connectivity index (χ2v) is 4.86. The molecular weight excluding hydrogens is 162 g/mol. The Bertz CT molecular complexity index is 216. The first-order valence-corrected chi connectivity index (χ1v) is 5.41. The van der Waals surface area contributed by atoms with Gasteiger partial charge in [0.1, 0.15) is 0 Å². The quantitative estimate of drug-likeness (QED) is 0.561. The van der Waals surface area contributed by atoms with Crippen LogP contribution in [0.5, 0.6) is 0 Å². The topological polar surface area (TPSA) is 20.3 Å². The molecule has 1 heterocycles. The van der Waals surface area contributed by atoms with Gasteiger partial charge in [0.2, 0.25) is 5.91 Å². The van der Waals surface area contributed by atoms with E-state index >= 15 is 0 Å². The van der Waals surface area contributed by atoms with Gasteiger partial charge in [-0.05, 0) is 38.0 Å². The summed E-state index contributed by atoms with van der Waals surface area (Å²) in [5, 5.41) is 0. The Morgan fingerprint density at radius 1 is 1.31 bits per heavy atom. The van der Waals surface area contributed by atoms with Crippen LogP contribution in [0.3, 0.4) is 0 Å². The summed E-state index contributed by atoms with van der Waals surface area (Å²) in [7, 11) is 1.99. The zero-order valence-electron chi connectivity index (χ0n) is 8.68. The molecule has 0 aromatic rings. The third-order valence-corrected chi connectivity index (χ3v) is 4.09. The van der Waals surface area contributed by atoms with E-state index in [9.17, 15) is 4.79 Å². The SMILES string of the molecule is CC1CCC2(CCC(=O)N2C)CC1. The van der Waals surface area contributed by atoms with E-state index in [2.05, 4.69) is 6.92 Å². The highest BCUT2D eigenvalue weighted by molar-refractivity contribution is 5.79. The molecule has 2 rings (SSSR count). The van der Waals surface area contributed by atoms with Crippen LogP contribution < -0.4 is 0 Å². The average molecular weight is 181 g/mol. The van der Waals surface area contributed by atoms with E-state index in [1.165, 1.54) is 25.7 Å². The predicted octanol–water partition coefficient (Wildman–Crippen LogP) is 2.19. The van der Waals surface area contributed by atoms with Crippen LogP contribution in [-0.4, -0.2) is 23.4 Å². The van der Waals surface area contributed by atoms with Gasteiger partial charge in [-0.1, -0.05) is 6.92 Å². The average Bonchev–Trinajstić information content (AvgIpc) is 2.40. The van der Waals surface area contributed by atoms with Gasteiger partial charge in [0.25, 0.3) is 0 Å². The zero-order chi connectivity index (χ0) is 9.47. The van der Waals surface area contributed by atoms with Gasteiger partial charge in [0, 0.05) is 19.0 Å². The molecule has 1 saturated carbocycles. The normalized spacial score (nSPS) is 40.3. The Kier molecular flexibility index (Phi) is 2.09. The maximum absolute atomic E-state index is 11.5. The second kappa shape index (κ2) is 3.00. The van der Waals surface area contributed by atoms with Crippen molar-refractivity contribution < 1.29 is 4.79 Å². The molecule has 2 heteroatoms. The van der Waals surface area contributed by atoms with Crippen molar-refractivity contribution in [3.63, 3.8) is 0 Å². The molecule has 0 aromatic carbocycles. The van der Waals surface area contributed by atoms with Crippen molar-refractivity contribution in [3.8, 4) is 0 Å². The van der Waals surface area contributed by atoms with Crippen molar-refractivity contribution in [1.82, 2.24) is 4.90 Å². The predicted molar refractivity (Wildman–Crippen MR) is 52.4 cm³/mol.